The van der Waals surface area contributed by atoms with Gasteiger partial charge < -0.3 is 15.0 Å². The van der Waals surface area contributed by atoms with E-state index in [4.69, 9.17) is 0 Å². The minimum Gasteiger partial charge on any atom is -0.469 e. The lowest BCUT2D eigenvalue weighted by atomic mass is 10.1. The molecule has 1 amide bonds. The van der Waals surface area contributed by atoms with Crippen molar-refractivity contribution >= 4 is 23.3 Å². The van der Waals surface area contributed by atoms with Gasteiger partial charge in [-0.1, -0.05) is 0 Å². The smallest absolute Gasteiger partial charge is 0.305 e. The fourth-order valence-electron chi connectivity index (χ4n) is 1.62. The number of Topliss-reactive ketones (excluding diaryl/α,β-unsaturated/α-hetero) is 1. The summed E-state index contributed by atoms with van der Waals surface area (Å²) in [6.45, 7) is -0.0920. The monoisotopic (exact) mass is 292 g/mol. The zero-order chi connectivity index (χ0) is 15.8. The first kappa shape index (κ1) is 16.7. The number of carbonyl (C=O) groups excluding carboxylic acids is 3. The SMILES string of the molecule is COC(=O)CCC(=O)CNC(=O)c1ccc(N(C)C)cc1. The largest absolute Gasteiger partial charge is 0.469 e. The van der Waals surface area contributed by atoms with E-state index in [1.807, 2.05) is 31.1 Å². The fourth-order valence-corrected chi connectivity index (χ4v) is 1.62. The number of methoxy groups -OCH3 is 1. The Balaban J connectivity index is 2.43. The van der Waals surface area contributed by atoms with Gasteiger partial charge in [0.2, 0.25) is 0 Å². The molecule has 0 aliphatic rings. The third-order valence-corrected chi connectivity index (χ3v) is 2.93. The summed E-state index contributed by atoms with van der Waals surface area (Å²) >= 11 is 0. The van der Waals surface area contributed by atoms with Gasteiger partial charge in [0.1, 0.15) is 0 Å². The van der Waals surface area contributed by atoms with E-state index in [2.05, 4.69) is 10.1 Å². The van der Waals surface area contributed by atoms with Crippen molar-refractivity contribution in [3.8, 4) is 0 Å². The molecule has 0 bridgehead atoms. The first-order valence-corrected chi connectivity index (χ1v) is 6.58. The Morgan fingerprint density at radius 3 is 2.24 bits per heavy atom. The maximum absolute atomic E-state index is 11.9. The normalized spacial score (nSPS) is 9.86. The van der Waals surface area contributed by atoms with Crippen LogP contribution in [-0.2, 0) is 14.3 Å². The molecule has 0 spiro atoms. The summed E-state index contributed by atoms with van der Waals surface area (Å²) in [5, 5.41) is 2.53. The zero-order valence-electron chi connectivity index (χ0n) is 12.5. The number of hydrogen-bond acceptors (Lipinski definition) is 5. The summed E-state index contributed by atoms with van der Waals surface area (Å²) < 4.78 is 4.44. The highest BCUT2D eigenvalue weighted by Crippen LogP contribution is 2.11. The van der Waals surface area contributed by atoms with Crippen molar-refractivity contribution in [3.63, 3.8) is 0 Å². The molecule has 0 heterocycles. The molecular formula is C15H20N2O4. The van der Waals surface area contributed by atoms with Crippen molar-refractivity contribution in [1.29, 1.82) is 0 Å². The molecule has 0 saturated carbocycles. The molecule has 0 unspecified atom stereocenters. The minimum atomic E-state index is -0.436. The Morgan fingerprint density at radius 1 is 1.10 bits per heavy atom. The van der Waals surface area contributed by atoms with E-state index in [0.717, 1.165) is 5.69 Å². The summed E-state index contributed by atoms with van der Waals surface area (Å²) in [6, 6.07) is 7.05. The highest BCUT2D eigenvalue weighted by atomic mass is 16.5. The van der Waals surface area contributed by atoms with Crippen LogP contribution in [0.5, 0.6) is 0 Å². The molecule has 0 aromatic heterocycles. The van der Waals surface area contributed by atoms with Crippen molar-refractivity contribution in [2.45, 2.75) is 12.8 Å². The maximum atomic E-state index is 11.9. The molecule has 21 heavy (non-hydrogen) atoms. The van der Waals surface area contributed by atoms with Crippen molar-refractivity contribution in [1.82, 2.24) is 5.32 Å². The van der Waals surface area contributed by atoms with E-state index in [1.54, 1.807) is 12.1 Å². The average molecular weight is 292 g/mol. The highest BCUT2D eigenvalue weighted by molar-refractivity contribution is 5.97. The van der Waals surface area contributed by atoms with E-state index in [0.29, 0.717) is 5.56 Å². The second kappa shape index (κ2) is 8.04. The predicted molar refractivity (Wildman–Crippen MR) is 79.4 cm³/mol. The third kappa shape index (κ3) is 5.64. The second-order valence-corrected chi connectivity index (χ2v) is 4.74. The van der Waals surface area contributed by atoms with E-state index in [9.17, 15) is 14.4 Å². The van der Waals surface area contributed by atoms with Gasteiger partial charge >= 0.3 is 5.97 Å². The predicted octanol–water partition coefficient (Wildman–Crippen LogP) is 1.00. The van der Waals surface area contributed by atoms with Crippen LogP contribution in [0.4, 0.5) is 5.69 Å². The van der Waals surface area contributed by atoms with Crippen LogP contribution in [0.2, 0.25) is 0 Å². The van der Waals surface area contributed by atoms with Crippen LogP contribution >= 0.6 is 0 Å². The van der Waals surface area contributed by atoms with Crippen molar-refractivity contribution in [2.24, 2.45) is 0 Å². The molecule has 0 saturated heterocycles. The standard InChI is InChI=1S/C15H20N2O4/c1-17(2)12-6-4-11(5-7-12)15(20)16-10-13(18)8-9-14(19)21-3/h4-7H,8-10H2,1-3H3,(H,16,20). The lowest BCUT2D eigenvalue weighted by Gasteiger charge is -2.12. The number of esters is 1. The lowest BCUT2D eigenvalue weighted by molar-refractivity contribution is -0.141. The number of carbonyl (C=O) groups is 3. The summed E-state index contributed by atoms with van der Waals surface area (Å²) in [5.74, 6) is -0.959. The Hall–Kier alpha value is -2.37. The number of ether oxygens (including phenoxy) is 1. The number of nitrogens with one attached hydrogen (secondary N) is 1. The van der Waals surface area contributed by atoms with Crippen LogP contribution in [0.3, 0.4) is 0 Å². The Bertz CT molecular complexity index is 509. The molecule has 1 aromatic rings. The van der Waals surface area contributed by atoms with E-state index in [-0.39, 0.29) is 31.1 Å². The van der Waals surface area contributed by atoms with Gasteiger partial charge in [0.15, 0.2) is 5.78 Å². The van der Waals surface area contributed by atoms with Gasteiger partial charge in [0.05, 0.1) is 20.1 Å². The number of benzene rings is 1. The molecule has 0 fully saturated rings. The molecule has 6 nitrogen and oxygen atoms in total. The molecule has 0 aliphatic carbocycles. The molecular weight excluding hydrogens is 272 g/mol. The average Bonchev–Trinajstić information content (AvgIpc) is 2.50. The number of ketones is 1. The van der Waals surface area contributed by atoms with Crippen LogP contribution < -0.4 is 10.2 Å². The number of amides is 1. The molecule has 114 valence electrons. The zero-order valence-corrected chi connectivity index (χ0v) is 12.5. The molecule has 0 radical (unpaired) electrons. The fraction of sp³-hybridized carbons (Fsp3) is 0.400. The van der Waals surface area contributed by atoms with Gasteiger partial charge in [-0.15, -0.1) is 0 Å². The van der Waals surface area contributed by atoms with E-state index >= 15 is 0 Å². The third-order valence-electron chi connectivity index (χ3n) is 2.93. The molecule has 0 atom stereocenters. The van der Waals surface area contributed by atoms with Crippen LogP contribution in [0, 0.1) is 0 Å². The lowest BCUT2D eigenvalue weighted by Crippen LogP contribution is -2.29. The number of rotatable bonds is 7. The molecule has 1 rings (SSSR count). The van der Waals surface area contributed by atoms with Gasteiger partial charge in [-0.05, 0) is 24.3 Å². The summed E-state index contributed by atoms with van der Waals surface area (Å²) in [5.41, 5.74) is 1.47. The van der Waals surface area contributed by atoms with Crippen LogP contribution in [0.25, 0.3) is 0 Å². The first-order valence-electron chi connectivity index (χ1n) is 6.58. The van der Waals surface area contributed by atoms with Crippen molar-refractivity contribution in [3.05, 3.63) is 29.8 Å². The number of hydrogen-bond donors (Lipinski definition) is 1. The summed E-state index contributed by atoms with van der Waals surface area (Å²) in [4.78, 5) is 36.2. The van der Waals surface area contributed by atoms with Gasteiger partial charge in [-0.2, -0.15) is 0 Å². The topological polar surface area (TPSA) is 75.7 Å². The van der Waals surface area contributed by atoms with Gasteiger partial charge in [0, 0.05) is 31.8 Å². The van der Waals surface area contributed by atoms with Crippen molar-refractivity contribution < 1.29 is 19.1 Å². The van der Waals surface area contributed by atoms with Crippen molar-refractivity contribution in [2.75, 3.05) is 32.6 Å². The second-order valence-electron chi connectivity index (χ2n) is 4.74. The minimum absolute atomic E-state index is 0.0305. The Labute approximate surface area is 124 Å². The van der Waals surface area contributed by atoms with Crippen LogP contribution in [-0.4, -0.2) is 45.4 Å². The molecule has 0 aliphatic heterocycles. The maximum Gasteiger partial charge on any atom is 0.305 e. The Kier molecular flexibility index (Phi) is 6.39. The molecule has 1 N–H and O–H groups in total. The van der Waals surface area contributed by atoms with E-state index in [1.165, 1.54) is 7.11 Å². The molecule has 1 aromatic carbocycles. The molecule has 6 heteroatoms. The van der Waals surface area contributed by atoms with Gasteiger partial charge in [-0.25, -0.2) is 0 Å². The van der Waals surface area contributed by atoms with Crippen LogP contribution in [0.1, 0.15) is 23.2 Å². The first-order chi connectivity index (χ1) is 9.93. The number of anilines is 1. The van der Waals surface area contributed by atoms with Gasteiger partial charge in [0.25, 0.3) is 5.91 Å². The van der Waals surface area contributed by atoms with Crippen LogP contribution in [0.15, 0.2) is 24.3 Å². The Morgan fingerprint density at radius 2 is 1.71 bits per heavy atom. The summed E-state index contributed by atoms with van der Waals surface area (Å²) in [6.07, 6.45) is 0.0925. The number of nitrogens with zero attached hydrogens (tertiary/aromatic N) is 1. The summed E-state index contributed by atoms with van der Waals surface area (Å²) in [7, 11) is 5.09. The highest BCUT2D eigenvalue weighted by Gasteiger charge is 2.10. The quantitative estimate of drug-likeness (QED) is 0.759. The van der Waals surface area contributed by atoms with E-state index < -0.39 is 5.97 Å². The van der Waals surface area contributed by atoms with Gasteiger partial charge in [-0.3, -0.25) is 14.4 Å².